The molecule has 2 saturated carbocycles. The first-order valence-corrected chi connectivity index (χ1v) is 8.31. The molecule has 2 aromatic rings. The van der Waals surface area contributed by atoms with Crippen molar-refractivity contribution in [1.29, 1.82) is 0 Å². The van der Waals surface area contributed by atoms with Crippen molar-refractivity contribution in [2.75, 3.05) is 0 Å². The van der Waals surface area contributed by atoms with Crippen LogP contribution in [-0.2, 0) is 6.54 Å². The van der Waals surface area contributed by atoms with Crippen molar-refractivity contribution in [3.63, 3.8) is 0 Å². The van der Waals surface area contributed by atoms with Gasteiger partial charge in [0.2, 0.25) is 0 Å². The summed E-state index contributed by atoms with van der Waals surface area (Å²) in [5, 5.41) is 6.29. The number of nitrogens with one attached hydrogen (secondary N) is 1. The summed E-state index contributed by atoms with van der Waals surface area (Å²) in [7, 11) is 0. The van der Waals surface area contributed by atoms with Gasteiger partial charge >= 0.3 is 0 Å². The number of benzene rings is 2. The second-order valence-electron chi connectivity index (χ2n) is 6.44. The minimum Gasteiger partial charge on any atom is -0.490 e. The summed E-state index contributed by atoms with van der Waals surface area (Å²) in [6.07, 6.45) is 8.12. The Morgan fingerprint density at radius 1 is 0.952 bits per heavy atom. The van der Waals surface area contributed by atoms with Crippen LogP contribution in [0.25, 0.3) is 10.8 Å². The summed E-state index contributed by atoms with van der Waals surface area (Å²) in [6.45, 7) is 0.925. The molecule has 0 bridgehead atoms. The van der Waals surface area contributed by atoms with Crippen molar-refractivity contribution in [3.05, 3.63) is 42.0 Å². The Bertz CT molecular complexity index is 626. The summed E-state index contributed by atoms with van der Waals surface area (Å²) in [6, 6.07) is 13.7. The van der Waals surface area contributed by atoms with Gasteiger partial charge in [0.05, 0.1) is 6.10 Å². The molecule has 2 aliphatic rings. The van der Waals surface area contributed by atoms with Gasteiger partial charge in [-0.2, -0.15) is 0 Å². The van der Waals surface area contributed by atoms with Gasteiger partial charge in [-0.25, -0.2) is 0 Å². The SMILES string of the molecule is c1ccc2c(CNC3CC3)c(OC3CCCC3)ccc2c1. The molecular weight excluding hydrogens is 258 g/mol. The van der Waals surface area contributed by atoms with Crippen LogP contribution in [-0.4, -0.2) is 12.1 Å². The predicted molar refractivity (Wildman–Crippen MR) is 86.7 cm³/mol. The van der Waals surface area contributed by atoms with E-state index in [1.54, 1.807) is 0 Å². The molecule has 0 amide bonds. The highest BCUT2D eigenvalue weighted by molar-refractivity contribution is 5.87. The Morgan fingerprint density at radius 2 is 1.76 bits per heavy atom. The van der Waals surface area contributed by atoms with Crippen molar-refractivity contribution in [3.8, 4) is 5.75 Å². The minimum atomic E-state index is 0.422. The monoisotopic (exact) mass is 281 g/mol. The van der Waals surface area contributed by atoms with Crippen molar-refractivity contribution in [2.45, 2.75) is 57.2 Å². The lowest BCUT2D eigenvalue weighted by molar-refractivity contribution is 0.208. The molecule has 0 heterocycles. The van der Waals surface area contributed by atoms with E-state index in [1.807, 2.05) is 0 Å². The molecule has 2 aromatic carbocycles. The third-order valence-corrected chi connectivity index (χ3v) is 4.74. The maximum atomic E-state index is 6.33. The first-order chi connectivity index (χ1) is 10.4. The second-order valence-corrected chi connectivity index (χ2v) is 6.44. The van der Waals surface area contributed by atoms with Gasteiger partial charge in [0.25, 0.3) is 0 Å². The van der Waals surface area contributed by atoms with Crippen molar-refractivity contribution >= 4 is 10.8 Å². The van der Waals surface area contributed by atoms with E-state index in [4.69, 9.17) is 4.74 Å². The lowest BCUT2D eigenvalue weighted by Crippen LogP contribution is -2.18. The number of ether oxygens (including phenoxy) is 1. The van der Waals surface area contributed by atoms with Crippen molar-refractivity contribution in [1.82, 2.24) is 5.32 Å². The zero-order chi connectivity index (χ0) is 14.1. The molecule has 2 nitrogen and oxygen atoms in total. The van der Waals surface area contributed by atoms with Gasteiger partial charge in [-0.1, -0.05) is 30.3 Å². The van der Waals surface area contributed by atoms with Crippen LogP contribution in [0.5, 0.6) is 5.75 Å². The smallest absolute Gasteiger partial charge is 0.124 e. The Labute approximate surface area is 126 Å². The largest absolute Gasteiger partial charge is 0.490 e. The summed E-state index contributed by atoms with van der Waals surface area (Å²) >= 11 is 0. The van der Waals surface area contributed by atoms with E-state index in [2.05, 4.69) is 41.7 Å². The highest BCUT2D eigenvalue weighted by Gasteiger charge is 2.22. The van der Waals surface area contributed by atoms with Crippen LogP contribution in [0, 0.1) is 0 Å². The normalized spacial score (nSPS) is 19.2. The van der Waals surface area contributed by atoms with Gasteiger partial charge in [-0.15, -0.1) is 0 Å². The molecule has 0 atom stereocenters. The van der Waals surface area contributed by atoms with Crippen LogP contribution in [0.4, 0.5) is 0 Å². The van der Waals surface area contributed by atoms with Crippen LogP contribution < -0.4 is 10.1 Å². The highest BCUT2D eigenvalue weighted by Crippen LogP contribution is 2.32. The Hall–Kier alpha value is -1.54. The van der Waals surface area contributed by atoms with E-state index in [0.29, 0.717) is 6.10 Å². The van der Waals surface area contributed by atoms with Crippen LogP contribution >= 0.6 is 0 Å². The summed E-state index contributed by atoms with van der Waals surface area (Å²) in [5.41, 5.74) is 1.34. The van der Waals surface area contributed by atoms with E-state index in [0.717, 1.165) is 18.3 Å². The third-order valence-electron chi connectivity index (χ3n) is 4.74. The Morgan fingerprint density at radius 3 is 2.57 bits per heavy atom. The van der Waals surface area contributed by atoms with E-state index in [9.17, 15) is 0 Å². The quantitative estimate of drug-likeness (QED) is 0.876. The average Bonchev–Trinajstić information content (AvgIpc) is 3.21. The lowest BCUT2D eigenvalue weighted by atomic mass is 10.0. The lowest BCUT2D eigenvalue weighted by Gasteiger charge is -2.18. The van der Waals surface area contributed by atoms with Crippen LogP contribution in [0.1, 0.15) is 44.1 Å². The molecule has 4 rings (SSSR count). The van der Waals surface area contributed by atoms with E-state index in [1.165, 1.54) is 54.9 Å². The zero-order valence-electron chi connectivity index (χ0n) is 12.5. The van der Waals surface area contributed by atoms with Crippen LogP contribution in [0.15, 0.2) is 36.4 Å². The zero-order valence-corrected chi connectivity index (χ0v) is 12.5. The first-order valence-electron chi connectivity index (χ1n) is 8.31. The third kappa shape index (κ3) is 2.91. The molecule has 0 aromatic heterocycles. The first kappa shape index (κ1) is 13.1. The minimum absolute atomic E-state index is 0.422. The van der Waals surface area contributed by atoms with Gasteiger partial charge in [-0.3, -0.25) is 0 Å². The fourth-order valence-electron chi connectivity index (χ4n) is 3.33. The molecule has 0 radical (unpaired) electrons. The fourth-order valence-corrected chi connectivity index (χ4v) is 3.33. The number of rotatable bonds is 5. The maximum absolute atomic E-state index is 6.33. The van der Waals surface area contributed by atoms with E-state index < -0.39 is 0 Å². The Kier molecular flexibility index (Phi) is 3.56. The molecule has 110 valence electrons. The molecule has 2 aliphatic carbocycles. The Balaban J connectivity index is 1.66. The van der Waals surface area contributed by atoms with Gasteiger partial charge in [0.15, 0.2) is 0 Å². The molecule has 0 spiro atoms. The average molecular weight is 281 g/mol. The molecule has 0 saturated heterocycles. The summed E-state index contributed by atoms with van der Waals surface area (Å²) < 4.78 is 6.33. The van der Waals surface area contributed by atoms with Crippen LogP contribution in [0.3, 0.4) is 0 Å². The topological polar surface area (TPSA) is 21.3 Å². The molecular formula is C19H23NO. The molecule has 1 N–H and O–H groups in total. The number of hydrogen-bond donors (Lipinski definition) is 1. The molecule has 2 fully saturated rings. The number of fused-ring (bicyclic) bond motifs is 1. The molecule has 2 heteroatoms. The predicted octanol–water partition coefficient (Wildman–Crippen LogP) is 4.41. The van der Waals surface area contributed by atoms with Crippen LogP contribution in [0.2, 0.25) is 0 Å². The van der Waals surface area contributed by atoms with E-state index >= 15 is 0 Å². The standard InChI is InChI=1S/C19H23NO/c1-4-8-17-14(5-1)9-12-19(21-16-6-2-3-7-16)18(17)13-20-15-10-11-15/h1,4-5,8-9,12,15-16,20H,2-3,6-7,10-11,13H2. The summed E-state index contributed by atoms with van der Waals surface area (Å²) in [5.74, 6) is 1.09. The van der Waals surface area contributed by atoms with Gasteiger partial charge in [0, 0.05) is 18.2 Å². The van der Waals surface area contributed by atoms with Gasteiger partial charge in [-0.05, 0) is 55.4 Å². The molecule has 21 heavy (non-hydrogen) atoms. The number of hydrogen-bond acceptors (Lipinski definition) is 2. The highest BCUT2D eigenvalue weighted by atomic mass is 16.5. The fraction of sp³-hybridized carbons (Fsp3) is 0.474. The second kappa shape index (κ2) is 5.69. The summed E-state index contributed by atoms with van der Waals surface area (Å²) in [4.78, 5) is 0. The van der Waals surface area contributed by atoms with E-state index in [-0.39, 0.29) is 0 Å². The maximum Gasteiger partial charge on any atom is 0.124 e. The van der Waals surface area contributed by atoms with Crippen molar-refractivity contribution in [2.24, 2.45) is 0 Å². The molecule has 0 unspecified atom stereocenters. The van der Waals surface area contributed by atoms with Gasteiger partial charge < -0.3 is 10.1 Å². The van der Waals surface area contributed by atoms with Gasteiger partial charge in [0.1, 0.15) is 5.75 Å². The van der Waals surface area contributed by atoms with Crippen molar-refractivity contribution < 1.29 is 4.74 Å². The molecule has 0 aliphatic heterocycles.